The van der Waals surface area contributed by atoms with Crippen LogP contribution in [0, 0.1) is 18.7 Å². The molecule has 2 saturated heterocycles. The smallest absolute Gasteiger partial charge is 0.219 e. The molecule has 0 radical (unpaired) electrons. The van der Waals surface area contributed by atoms with Gasteiger partial charge in [0.05, 0.1) is 6.10 Å². The standard InChI is InChI=1S/C9H13FN4O.C6H5Cl2N.C5H9NO.C2H2/c10-7-8(11)12-5-13-9(7)14-3-1-6(15)2-4-14;7-4-1-5(8)3-6(9)2-4;7-5-3-1-2-4-6-5;1-2/h5-6,15H,1-4H2,(H2,11,12,13);1-3H,9H2;1-4H2,(H,6,7);1-2H. The van der Waals surface area contributed by atoms with Crippen molar-refractivity contribution in [1.82, 2.24) is 15.3 Å². The van der Waals surface area contributed by atoms with Gasteiger partial charge in [0, 0.05) is 41.8 Å². The minimum absolute atomic E-state index is 0.133. The summed E-state index contributed by atoms with van der Waals surface area (Å²) < 4.78 is 13.5. The molecule has 0 spiro atoms. The first kappa shape index (κ1) is 28.2. The van der Waals surface area contributed by atoms with Crippen LogP contribution in [0.2, 0.25) is 10.0 Å². The lowest BCUT2D eigenvalue weighted by atomic mass is 10.1. The maximum absolute atomic E-state index is 13.5. The Kier molecular flexibility index (Phi) is 12.9. The summed E-state index contributed by atoms with van der Waals surface area (Å²) in [5, 5.41) is 13.2. The molecule has 0 saturated carbocycles. The van der Waals surface area contributed by atoms with Gasteiger partial charge in [-0.05, 0) is 43.9 Å². The van der Waals surface area contributed by atoms with Crippen molar-refractivity contribution in [3.63, 3.8) is 0 Å². The maximum Gasteiger partial charge on any atom is 0.219 e. The molecule has 1 amide bonds. The van der Waals surface area contributed by atoms with Crippen LogP contribution in [0.1, 0.15) is 32.1 Å². The van der Waals surface area contributed by atoms with Crippen LogP contribution in [-0.2, 0) is 4.79 Å². The fourth-order valence-electron chi connectivity index (χ4n) is 2.97. The van der Waals surface area contributed by atoms with Crippen LogP contribution in [0.25, 0.3) is 0 Å². The minimum atomic E-state index is -0.575. The zero-order valence-electron chi connectivity index (χ0n) is 18.2. The van der Waals surface area contributed by atoms with E-state index in [4.69, 9.17) is 34.7 Å². The van der Waals surface area contributed by atoms with E-state index in [1.54, 1.807) is 23.1 Å². The topological polar surface area (TPSA) is 130 Å². The lowest BCUT2D eigenvalue weighted by Gasteiger charge is -2.30. The number of halogens is 3. The summed E-state index contributed by atoms with van der Waals surface area (Å²) in [7, 11) is 0. The number of nitrogens with one attached hydrogen (secondary N) is 1. The average Bonchev–Trinajstić information content (AvgIpc) is 2.78. The largest absolute Gasteiger partial charge is 0.399 e. The van der Waals surface area contributed by atoms with E-state index in [2.05, 4.69) is 28.1 Å². The fourth-order valence-corrected chi connectivity index (χ4v) is 3.52. The second kappa shape index (κ2) is 15.1. The predicted octanol–water partition coefficient (Wildman–Crippen LogP) is 3.27. The number of anilines is 3. The summed E-state index contributed by atoms with van der Waals surface area (Å²) in [5.41, 5.74) is 11.3. The Morgan fingerprint density at radius 1 is 1.09 bits per heavy atom. The van der Waals surface area contributed by atoms with Crippen LogP contribution >= 0.6 is 23.2 Å². The number of nitrogens with zero attached hydrogens (tertiary/aromatic N) is 3. The summed E-state index contributed by atoms with van der Waals surface area (Å²) in [4.78, 5) is 19.6. The van der Waals surface area contributed by atoms with Gasteiger partial charge in [0.15, 0.2) is 11.6 Å². The molecule has 0 bridgehead atoms. The number of carbonyl (C=O) groups is 1. The molecule has 1 aromatic carbocycles. The maximum atomic E-state index is 13.5. The number of aromatic nitrogens is 2. The van der Waals surface area contributed by atoms with Gasteiger partial charge in [-0.25, -0.2) is 9.97 Å². The average molecular weight is 499 g/mol. The van der Waals surface area contributed by atoms with Crippen LogP contribution in [0.5, 0.6) is 0 Å². The number of nitrogens with two attached hydrogens (primary N) is 2. The van der Waals surface area contributed by atoms with Crippen molar-refractivity contribution in [1.29, 1.82) is 0 Å². The SMILES string of the molecule is C#C.Nc1cc(Cl)cc(Cl)c1.Nc1ncnc(N2CCC(O)CC2)c1F.O=C1CCCCN1. The molecule has 2 aromatic rings. The number of benzene rings is 1. The van der Waals surface area contributed by atoms with Gasteiger partial charge in [-0.1, -0.05) is 23.2 Å². The third kappa shape index (κ3) is 10.6. The lowest BCUT2D eigenvalue weighted by molar-refractivity contribution is -0.122. The van der Waals surface area contributed by atoms with E-state index in [1.165, 1.54) is 6.33 Å². The van der Waals surface area contributed by atoms with Gasteiger partial charge in [-0.15, -0.1) is 12.8 Å². The first-order chi connectivity index (χ1) is 15.8. The van der Waals surface area contributed by atoms with Crippen LogP contribution in [0.4, 0.5) is 21.7 Å². The molecule has 6 N–H and O–H groups in total. The predicted molar refractivity (Wildman–Crippen MR) is 131 cm³/mol. The number of aliphatic hydroxyl groups excluding tert-OH is 1. The van der Waals surface area contributed by atoms with E-state index in [-0.39, 0.29) is 23.6 Å². The highest BCUT2D eigenvalue weighted by molar-refractivity contribution is 6.35. The van der Waals surface area contributed by atoms with Crippen LogP contribution in [-0.4, -0.2) is 46.7 Å². The van der Waals surface area contributed by atoms with Crippen molar-refractivity contribution in [3.8, 4) is 12.8 Å². The molecule has 0 atom stereocenters. The Balaban J connectivity index is 0.000000258. The molecule has 3 heterocycles. The second-order valence-electron chi connectivity index (χ2n) is 7.12. The highest BCUT2D eigenvalue weighted by Crippen LogP contribution is 2.22. The molecular formula is C22H29Cl2FN6O2. The van der Waals surface area contributed by atoms with Gasteiger partial charge in [-0.2, -0.15) is 4.39 Å². The molecule has 2 aliphatic heterocycles. The molecule has 4 rings (SSSR count). The zero-order chi connectivity index (χ0) is 24.8. The molecule has 1 aromatic heterocycles. The number of amides is 1. The molecule has 180 valence electrons. The van der Waals surface area contributed by atoms with Crippen LogP contribution < -0.4 is 21.7 Å². The number of nitrogen functional groups attached to an aromatic ring is 2. The first-order valence-corrected chi connectivity index (χ1v) is 11.0. The summed E-state index contributed by atoms with van der Waals surface area (Å²) in [5.74, 6) is -0.263. The first-order valence-electron chi connectivity index (χ1n) is 10.3. The van der Waals surface area contributed by atoms with E-state index in [9.17, 15) is 14.3 Å². The van der Waals surface area contributed by atoms with Gasteiger partial charge < -0.3 is 26.8 Å². The highest BCUT2D eigenvalue weighted by atomic mass is 35.5. The molecule has 33 heavy (non-hydrogen) atoms. The number of aliphatic hydroxyl groups is 1. The summed E-state index contributed by atoms with van der Waals surface area (Å²) >= 11 is 11.2. The molecule has 0 unspecified atom stereocenters. The van der Waals surface area contributed by atoms with Gasteiger partial charge in [0.1, 0.15) is 6.33 Å². The number of terminal acetylenes is 1. The second-order valence-corrected chi connectivity index (χ2v) is 8.00. The Hall–Kier alpha value is -2.80. The van der Waals surface area contributed by atoms with E-state index in [0.29, 0.717) is 41.7 Å². The molecule has 8 nitrogen and oxygen atoms in total. The monoisotopic (exact) mass is 498 g/mol. The summed E-state index contributed by atoms with van der Waals surface area (Å²) in [6.07, 6.45) is 13.2. The third-order valence-corrected chi connectivity index (χ3v) is 5.04. The molecule has 2 aliphatic rings. The van der Waals surface area contributed by atoms with Gasteiger partial charge in [0.2, 0.25) is 11.7 Å². The molecule has 2 fully saturated rings. The Bertz CT molecular complexity index is 849. The van der Waals surface area contributed by atoms with E-state index >= 15 is 0 Å². The molecule has 0 aliphatic carbocycles. The quantitative estimate of drug-likeness (QED) is 0.350. The Morgan fingerprint density at radius 3 is 2.15 bits per heavy atom. The van der Waals surface area contributed by atoms with Crippen LogP contribution in [0.3, 0.4) is 0 Å². The zero-order valence-corrected chi connectivity index (χ0v) is 19.7. The van der Waals surface area contributed by atoms with Crippen LogP contribution in [0.15, 0.2) is 24.5 Å². The van der Waals surface area contributed by atoms with E-state index in [1.807, 2.05) is 0 Å². The number of hydrogen-bond donors (Lipinski definition) is 4. The minimum Gasteiger partial charge on any atom is -0.399 e. The summed E-state index contributed by atoms with van der Waals surface area (Å²) in [6, 6.07) is 4.93. The van der Waals surface area contributed by atoms with Gasteiger partial charge >= 0.3 is 0 Å². The van der Waals surface area contributed by atoms with Gasteiger partial charge in [0.25, 0.3) is 0 Å². The van der Waals surface area contributed by atoms with Crippen molar-refractivity contribution < 1.29 is 14.3 Å². The fraction of sp³-hybridized carbons (Fsp3) is 0.409. The van der Waals surface area contributed by atoms with Crippen molar-refractivity contribution in [2.24, 2.45) is 0 Å². The third-order valence-electron chi connectivity index (χ3n) is 4.60. The van der Waals surface area contributed by atoms with E-state index in [0.717, 1.165) is 25.8 Å². The molecular weight excluding hydrogens is 470 g/mol. The number of rotatable bonds is 1. The Morgan fingerprint density at radius 2 is 1.70 bits per heavy atom. The number of hydrogen-bond acceptors (Lipinski definition) is 7. The summed E-state index contributed by atoms with van der Waals surface area (Å²) in [6.45, 7) is 2.07. The number of piperidine rings is 2. The highest BCUT2D eigenvalue weighted by Gasteiger charge is 2.21. The van der Waals surface area contributed by atoms with Crippen molar-refractivity contribution >= 4 is 46.4 Å². The van der Waals surface area contributed by atoms with Gasteiger partial charge in [-0.3, -0.25) is 4.79 Å². The van der Waals surface area contributed by atoms with E-state index < -0.39 is 5.82 Å². The molecule has 11 heteroatoms. The van der Waals surface area contributed by atoms with Crippen molar-refractivity contribution in [2.75, 3.05) is 36.0 Å². The van der Waals surface area contributed by atoms with Crippen molar-refractivity contribution in [2.45, 2.75) is 38.2 Å². The normalized spacial score (nSPS) is 15.5. The lowest BCUT2D eigenvalue weighted by Crippen LogP contribution is -2.37. The van der Waals surface area contributed by atoms with Crippen molar-refractivity contribution in [3.05, 3.63) is 40.4 Å². The Labute approximate surface area is 203 Å². The number of carbonyl (C=O) groups excluding carboxylic acids is 1.